The van der Waals surface area contributed by atoms with Crippen LogP contribution in [0.3, 0.4) is 0 Å². The summed E-state index contributed by atoms with van der Waals surface area (Å²) in [5, 5.41) is 3.59. The van der Waals surface area contributed by atoms with Crippen LogP contribution in [-0.2, 0) is 0 Å². The highest BCUT2D eigenvalue weighted by atomic mass is 19.1. The lowest BCUT2D eigenvalue weighted by Crippen LogP contribution is -2.47. The molecule has 0 heterocycles. The van der Waals surface area contributed by atoms with Crippen LogP contribution in [0, 0.1) is 5.82 Å². The number of rotatable bonds is 8. The van der Waals surface area contributed by atoms with E-state index in [0.29, 0.717) is 12.1 Å². The Morgan fingerprint density at radius 3 is 2.40 bits per heavy atom. The van der Waals surface area contributed by atoms with Crippen LogP contribution < -0.4 is 5.32 Å². The molecule has 114 valence electrons. The van der Waals surface area contributed by atoms with Crippen molar-refractivity contribution in [3.63, 3.8) is 0 Å². The van der Waals surface area contributed by atoms with E-state index in [1.54, 1.807) is 6.07 Å². The summed E-state index contributed by atoms with van der Waals surface area (Å²) in [7, 11) is 2.08. The van der Waals surface area contributed by atoms with E-state index in [4.69, 9.17) is 0 Å². The molecule has 0 aliphatic rings. The molecule has 3 heteroatoms. The maximum Gasteiger partial charge on any atom is 0.127 e. The molecule has 1 N–H and O–H groups in total. The molecule has 1 aromatic carbocycles. The summed E-state index contributed by atoms with van der Waals surface area (Å²) in [6.45, 7) is 9.70. The topological polar surface area (TPSA) is 15.3 Å². The van der Waals surface area contributed by atoms with Crippen LogP contribution in [0.5, 0.6) is 0 Å². The van der Waals surface area contributed by atoms with Gasteiger partial charge in [0.25, 0.3) is 0 Å². The average molecular weight is 280 g/mol. The van der Waals surface area contributed by atoms with Crippen LogP contribution in [0.1, 0.15) is 52.1 Å². The summed E-state index contributed by atoms with van der Waals surface area (Å²) in [5.41, 5.74) is 0.771. The predicted molar refractivity (Wildman–Crippen MR) is 84.4 cm³/mol. The van der Waals surface area contributed by atoms with Crippen molar-refractivity contribution in [3.05, 3.63) is 35.6 Å². The molecular weight excluding hydrogens is 251 g/mol. The molecule has 0 spiro atoms. The Labute approximate surface area is 123 Å². The first kappa shape index (κ1) is 17.1. The van der Waals surface area contributed by atoms with Gasteiger partial charge >= 0.3 is 0 Å². The first-order valence-electron chi connectivity index (χ1n) is 7.72. The third-order valence-corrected chi connectivity index (χ3v) is 4.29. The molecule has 0 saturated carbocycles. The second-order valence-corrected chi connectivity index (χ2v) is 5.57. The van der Waals surface area contributed by atoms with Crippen molar-refractivity contribution < 1.29 is 4.39 Å². The molecule has 3 unspecified atom stereocenters. The highest BCUT2D eigenvalue weighted by molar-refractivity contribution is 5.20. The van der Waals surface area contributed by atoms with E-state index in [0.717, 1.165) is 24.9 Å². The fourth-order valence-electron chi connectivity index (χ4n) is 2.66. The van der Waals surface area contributed by atoms with Crippen LogP contribution in [0.4, 0.5) is 4.39 Å². The molecule has 0 fully saturated rings. The Morgan fingerprint density at radius 1 is 1.20 bits per heavy atom. The van der Waals surface area contributed by atoms with Gasteiger partial charge in [0.15, 0.2) is 0 Å². The first-order valence-corrected chi connectivity index (χ1v) is 7.72. The van der Waals surface area contributed by atoms with E-state index in [1.165, 1.54) is 6.07 Å². The van der Waals surface area contributed by atoms with Gasteiger partial charge in [0.2, 0.25) is 0 Å². The van der Waals surface area contributed by atoms with Gasteiger partial charge in [-0.2, -0.15) is 0 Å². The van der Waals surface area contributed by atoms with Gasteiger partial charge in [0, 0.05) is 23.7 Å². The van der Waals surface area contributed by atoms with Gasteiger partial charge in [-0.25, -0.2) is 4.39 Å². The Kier molecular flexibility index (Phi) is 7.17. The zero-order valence-corrected chi connectivity index (χ0v) is 13.5. The van der Waals surface area contributed by atoms with Crippen molar-refractivity contribution in [3.8, 4) is 0 Å². The molecule has 2 nitrogen and oxygen atoms in total. The predicted octanol–water partition coefficient (Wildman–Crippen LogP) is 3.99. The normalized spacial score (nSPS) is 16.1. The Hall–Kier alpha value is -0.930. The zero-order chi connectivity index (χ0) is 15.1. The number of hydrogen-bond donors (Lipinski definition) is 1. The average Bonchev–Trinajstić information content (AvgIpc) is 2.46. The lowest BCUT2D eigenvalue weighted by Gasteiger charge is -2.36. The molecule has 0 bridgehead atoms. The summed E-state index contributed by atoms with van der Waals surface area (Å²) >= 11 is 0. The lowest BCUT2D eigenvalue weighted by atomic mass is 10.0. The van der Waals surface area contributed by atoms with Crippen molar-refractivity contribution in [2.24, 2.45) is 0 Å². The zero-order valence-electron chi connectivity index (χ0n) is 13.5. The molecule has 0 amide bonds. The summed E-state index contributed by atoms with van der Waals surface area (Å²) in [6.07, 6.45) is 2.21. The molecule has 3 atom stereocenters. The maximum atomic E-state index is 13.9. The highest BCUT2D eigenvalue weighted by Crippen LogP contribution is 2.24. The van der Waals surface area contributed by atoms with Gasteiger partial charge in [0.05, 0.1) is 0 Å². The van der Waals surface area contributed by atoms with Crippen LogP contribution in [0.2, 0.25) is 0 Å². The Morgan fingerprint density at radius 2 is 1.85 bits per heavy atom. The largest absolute Gasteiger partial charge is 0.312 e. The summed E-state index contributed by atoms with van der Waals surface area (Å²) < 4.78 is 13.9. The van der Waals surface area contributed by atoms with E-state index in [-0.39, 0.29) is 11.9 Å². The van der Waals surface area contributed by atoms with Gasteiger partial charge in [-0.3, -0.25) is 4.90 Å². The molecular formula is C17H29FN2. The van der Waals surface area contributed by atoms with Gasteiger partial charge in [-0.05, 0) is 46.3 Å². The van der Waals surface area contributed by atoms with Crippen molar-refractivity contribution in [2.45, 2.75) is 58.7 Å². The van der Waals surface area contributed by atoms with E-state index in [1.807, 2.05) is 12.1 Å². The van der Waals surface area contributed by atoms with Gasteiger partial charge in [-0.1, -0.05) is 32.0 Å². The minimum atomic E-state index is -0.117. The minimum absolute atomic E-state index is 0.0728. The lowest BCUT2D eigenvalue weighted by molar-refractivity contribution is 0.154. The molecule has 1 aromatic rings. The number of nitrogens with zero attached hydrogens (tertiary/aromatic N) is 1. The van der Waals surface area contributed by atoms with Crippen LogP contribution in [0.25, 0.3) is 0 Å². The quantitative estimate of drug-likeness (QED) is 0.774. The third-order valence-electron chi connectivity index (χ3n) is 4.29. The van der Waals surface area contributed by atoms with E-state index >= 15 is 0 Å². The van der Waals surface area contributed by atoms with Gasteiger partial charge in [0.1, 0.15) is 5.82 Å². The fraction of sp³-hybridized carbons (Fsp3) is 0.647. The smallest absolute Gasteiger partial charge is 0.127 e. The van der Waals surface area contributed by atoms with Crippen LogP contribution in [0.15, 0.2) is 24.3 Å². The van der Waals surface area contributed by atoms with Crippen molar-refractivity contribution in [1.29, 1.82) is 0 Å². The molecule has 1 rings (SSSR count). The summed E-state index contributed by atoms with van der Waals surface area (Å²) in [5.74, 6) is -0.117. The Bertz CT molecular complexity index is 394. The number of halogens is 1. The first-order chi connectivity index (χ1) is 9.52. The molecule has 0 radical (unpaired) electrons. The molecule has 0 aromatic heterocycles. The van der Waals surface area contributed by atoms with Gasteiger partial charge < -0.3 is 5.32 Å². The van der Waals surface area contributed by atoms with Crippen LogP contribution in [-0.4, -0.2) is 30.6 Å². The maximum absolute atomic E-state index is 13.9. The van der Waals surface area contributed by atoms with Crippen molar-refractivity contribution in [1.82, 2.24) is 10.2 Å². The molecule has 0 saturated heterocycles. The van der Waals surface area contributed by atoms with Crippen molar-refractivity contribution >= 4 is 0 Å². The van der Waals surface area contributed by atoms with Gasteiger partial charge in [-0.15, -0.1) is 0 Å². The number of hydrogen-bond acceptors (Lipinski definition) is 2. The summed E-state index contributed by atoms with van der Waals surface area (Å²) in [6, 6.07) is 7.94. The highest BCUT2D eigenvalue weighted by Gasteiger charge is 2.24. The third kappa shape index (κ3) is 4.29. The number of nitrogens with one attached hydrogen (secondary N) is 1. The molecule has 20 heavy (non-hydrogen) atoms. The van der Waals surface area contributed by atoms with Crippen molar-refractivity contribution in [2.75, 3.05) is 13.6 Å². The van der Waals surface area contributed by atoms with E-state index in [9.17, 15) is 4.39 Å². The standard InChI is InChI=1S/C17H29FN2/c1-6-12-19-17(7-2)14(4)20(5)13(3)15-10-8-9-11-16(15)18/h8-11,13-14,17,19H,6-7,12H2,1-5H3. The molecule has 0 aliphatic carbocycles. The summed E-state index contributed by atoms with van der Waals surface area (Å²) in [4.78, 5) is 2.26. The number of likely N-dealkylation sites (N-methyl/N-ethyl adjacent to an activating group) is 1. The second-order valence-electron chi connectivity index (χ2n) is 5.57. The Balaban J connectivity index is 2.76. The molecule has 0 aliphatic heterocycles. The van der Waals surface area contributed by atoms with E-state index < -0.39 is 0 Å². The van der Waals surface area contributed by atoms with E-state index in [2.05, 4.69) is 45.0 Å². The monoisotopic (exact) mass is 280 g/mol. The van der Waals surface area contributed by atoms with Crippen LogP contribution >= 0.6 is 0 Å². The fourth-order valence-corrected chi connectivity index (χ4v) is 2.66. The second kappa shape index (κ2) is 8.38. The SMILES string of the molecule is CCCNC(CC)C(C)N(C)C(C)c1ccccc1F. The number of benzene rings is 1. The minimum Gasteiger partial charge on any atom is -0.312 e.